The number of amides is 1. The Hall–Kier alpha value is -2.43. The minimum absolute atomic E-state index is 0.0465. The first-order chi connectivity index (χ1) is 14.3. The van der Waals surface area contributed by atoms with Crippen LogP contribution in [-0.4, -0.2) is 57.9 Å². The van der Waals surface area contributed by atoms with Crippen LogP contribution in [0.3, 0.4) is 0 Å². The molecule has 0 saturated carbocycles. The molecule has 9 nitrogen and oxygen atoms in total. The molecule has 162 valence electrons. The summed E-state index contributed by atoms with van der Waals surface area (Å²) in [4.78, 5) is 37.8. The number of carbonyl (C=O) groups is 2. The summed E-state index contributed by atoms with van der Waals surface area (Å²) in [6, 6.07) is 5.49. The number of fused-ring (bicyclic) bond motifs is 1. The molecule has 1 aromatic carbocycles. The zero-order chi connectivity index (χ0) is 21.8. The number of β-lactam (4-membered cyclic amide) rings is 1. The van der Waals surface area contributed by atoms with E-state index in [-0.39, 0.29) is 29.9 Å². The Morgan fingerprint density at radius 3 is 2.70 bits per heavy atom. The van der Waals surface area contributed by atoms with Crippen molar-refractivity contribution in [2.24, 2.45) is 5.92 Å². The summed E-state index contributed by atoms with van der Waals surface area (Å²) in [5.74, 6) is -0.784. The van der Waals surface area contributed by atoms with E-state index in [2.05, 4.69) is 0 Å². The van der Waals surface area contributed by atoms with Gasteiger partial charge in [-0.3, -0.25) is 14.9 Å². The topological polar surface area (TPSA) is 119 Å². The molecule has 2 aliphatic rings. The summed E-state index contributed by atoms with van der Waals surface area (Å²) < 4.78 is 10.7. The number of aliphatic hydroxyl groups is 1. The number of hydrogen-bond donors (Lipinski definition) is 1. The van der Waals surface area contributed by atoms with Gasteiger partial charge in [-0.25, -0.2) is 4.79 Å². The van der Waals surface area contributed by atoms with Crippen molar-refractivity contribution in [2.75, 3.05) is 19.0 Å². The van der Waals surface area contributed by atoms with Crippen molar-refractivity contribution in [3.8, 4) is 0 Å². The fourth-order valence-electron chi connectivity index (χ4n) is 3.65. The lowest BCUT2D eigenvalue weighted by atomic mass is 9.83. The predicted octanol–water partition coefficient (Wildman–Crippen LogP) is 2.23. The molecule has 3 unspecified atom stereocenters. The Morgan fingerprint density at radius 2 is 2.10 bits per heavy atom. The normalized spacial score (nSPS) is 21.3. The van der Waals surface area contributed by atoms with Crippen LogP contribution in [0, 0.1) is 16.0 Å². The van der Waals surface area contributed by atoms with Gasteiger partial charge in [0.1, 0.15) is 12.3 Å². The van der Waals surface area contributed by atoms with Crippen LogP contribution in [-0.2, 0) is 25.7 Å². The van der Waals surface area contributed by atoms with Gasteiger partial charge >= 0.3 is 5.97 Å². The maximum absolute atomic E-state index is 12.8. The molecule has 1 saturated heterocycles. The quantitative estimate of drug-likeness (QED) is 0.195. The van der Waals surface area contributed by atoms with E-state index in [0.29, 0.717) is 31.0 Å². The highest BCUT2D eigenvalue weighted by atomic mass is 32.2. The number of nitrogens with zero attached hydrogens (tertiary/aromatic N) is 2. The number of hydrogen-bond acceptors (Lipinski definition) is 8. The largest absolute Gasteiger partial charge is 0.456 e. The van der Waals surface area contributed by atoms with Gasteiger partial charge in [0, 0.05) is 35.8 Å². The summed E-state index contributed by atoms with van der Waals surface area (Å²) in [6.45, 7) is 4.53. The van der Waals surface area contributed by atoms with Crippen LogP contribution >= 0.6 is 11.8 Å². The lowest BCUT2D eigenvalue weighted by Gasteiger charge is -2.44. The monoisotopic (exact) mass is 436 g/mol. The summed E-state index contributed by atoms with van der Waals surface area (Å²) in [6.07, 6.45) is -0.288. The molecule has 1 N–H and O–H groups in total. The Kier molecular flexibility index (Phi) is 7.11. The number of ether oxygens (including phenoxy) is 2. The van der Waals surface area contributed by atoms with Crippen LogP contribution in [0.15, 0.2) is 34.9 Å². The minimum atomic E-state index is -0.788. The zero-order valence-corrected chi connectivity index (χ0v) is 17.6. The third kappa shape index (κ3) is 4.50. The molecular formula is C20H24N2O7S. The van der Waals surface area contributed by atoms with E-state index in [1.807, 2.05) is 6.92 Å². The minimum Gasteiger partial charge on any atom is -0.456 e. The number of benzene rings is 1. The second-order valence-electron chi connectivity index (χ2n) is 7.06. The third-order valence-electron chi connectivity index (χ3n) is 5.11. The Morgan fingerprint density at radius 1 is 1.40 bits per heavy atom. The summed E-state index contributed by atoms with van der Waals surface area (Å²) in [7, 11) is 0. The molecule has 0 aliphatic carbocycles. The van der Waals surface area contributed by atoms with Crippen molar-refractivity contribution in [3.05, 3.63) is 50.5 Å². The van der Waals surface area contributed by atoms with Gasteiger partial charge in [0.2, 0.25) is 5.91 Å². The number of non-ortho nitro benzene ring substituents is 1. The molecule has 3 atom stereocenters. The number of carbonyl (C=O) groups excluding carboxylic acids is 2. The SMILES string of the molecule is CCOCCSC1=C(C(=O)OCc2ccc([N+](=O)[O-])cc2)N2C(=O)C(C(C)O)C2C1. The van der Waals surface area contributed by atoms with Crippen molar-refractivity contribution < 1.29 is 29.1 Å². The lowest BCUT2D eigenvalue weighted by molar-refractivity contribution is -0.384. The van der Waals surface area contributed by atoms with E-state index in [1.165, 1.54) is 40.9 Å². The number of aliphatic hydroxyl groups excluding tert-OH is 1. The molecular weight excluding hydrogens is 412 g/mol. The molecule has 1 amide bonds. The molecule has 1 fully saturated rings. The second kappa shape index (κ2) is 9.59. The van der Waals surface area contributed by atoms with Gasteiger partial charge in [0.15, 0.2) is 0 Å². The van der Waals surface area contributed by atoms with Gasteiger partial charge in [0.05, 0.1) is 29.6 Å². The summed E-state index contributed by atoms with van der Waals surface area (Å²) in [5, 5.41) is 20.6. The van der Waals surface area contributed by atoms with E-state index in [9.17, 15) is 24.8 Å². The molecule has 0 radical (unpaired) electrons. The highest BCUT2D eigenvalue weighted by Crippen LogP contribution is 2.47. The molecule has 30 heavy (non-hydrogen) atoms. The van der Waals surface area contributed by atoms with E-state index >= 15 is 0 Å². The summed E-state index contributed by atoms with van der Waals surface area (Å²) >= 11 is 1.45. The van der Waals surface area contributed by atoms with E-state index in [1.54, 1.807) is 6.92 Å². The van der Waals surface area contributed by atoms with Gasteiger partial charge in [-0.2, -0.15) is 0 Å². The average Bonchev–Trinajstić information content (AvgIpc) is 3.03. The zero-order valence-electron chi connectivity index (χ0n) is 16.8. The third-order valence-corrected chi connectivity index (χ3v) is 6.19. The first-order valence-electron chi connectivity index (χ1n) is 9.70. The van der Waals surface area contributed by atoms with Crippen LogP contribution in [0.25, 0.3) is 0 Å². The number of thioether (sulfide) groups is 1. The standard InChI is InChI=1S/C20H24N2O7S/c1-3-28-8-9-30-16-10-15-17(12(2)23)19(24)21(15)18(16)20(25)29-11-13-4-6-14(7-5-13)22(26)27/h4-7,12,15,17,23H,3,8-11H2,1-2H3. The molecule has 1 aromatic rings. The first kappa shape index (κ1) is 22.3. The lowest BCUT2D eigenvalue weighted by Crippen LogP contribution is -2.61. The number of nitro benzene ring substituents is 1. The Bertz CT molecular complexity index is 853. The van der Waals surface area contributed by atoms with Crippen molar-refractivity contribution in [1.82, 2.24) is 4.90 Å². The molecule has 10 heteroatoms. The van der Waals surface area contributed by atoms with Crippen molar-refractivity contribution in [2.45, 2.75) is 39.0 Å². The average molecular weight is 436 g/mol. The second-order valence-corrected chi connectivity index (χ2v) is 8.25. The molecule has 3 rings (SSSR count). The van der Waals surface area contributed by atoms with E-state index in [4.69, 9.17) is 9.47 Å². The number of esters is 1. The van der Waals surface area contributed by atoms with Crippen molar-refractivity contribution >= 4 is 29.3 Å². The number of nitro groups is 1. The highest BCUT2D eigenvalue weighted by Gasteiger charge is 2.56. The Labute approximate surface area is 178 Å². The van der Waals surface area contributed by atoms with Crippen LogP contribution in [0.2, 0.25) is 0 Å². The molecule has 2 heterocycles. The fourth-order valence-corrected chi connectivity index (χ4v) is 4.70. The Balaban J connectivity index is 1.70. The molecule has 2 aliphatic heterocycles. The van der Waals surface area contributed by atoms with Crippen molar-refractivity contribution in [1.29, 1.82) is 0 Å². The van der Waals surface area contributed by atoms with E-state index in [0.717, 1.165) is 4.91 Å². The number of rotatable bonds is 10. The summed E-state index contributed by atoms with van der Waals surface area (Å²) in [5.41, 5.74) is 0.784. The van der Waals surface area contributed by atoms with Crippen LogP contribution in [0.4, 0.5) is 5.69 Å². The van der Waals surface area contributed by atoms with Gasteiger partial charge in [-0.15, -0.1) is 11.8 Å². The first-order valence-corrected chi connectivity index (χ1v) is 10.7. The molecule has 0 aromatic heterocycles. The van der Waals surface area contributed by atoms with Gasteiger partial charge in [-0.05, 0) is 31.5 Å². The smallest absolute Gasteiger partial charge is 0.356 e. The maximum atomic E-state index is 12.8. The van der Waals surface area contributed by atoms with Gasteiger partial charge < -0.3 is 19.5 Å². The van der Waals surface area contributed by atoms with Crippen LogP contribution < -0.4 is 0 Å². The van der Waals surface area contributed by atoms with Gasteiger partial charge in [-0.1, -0.05) is 0 Å². The molecule has 0 spiro atoms. The van der Waals surface area contributed by atoms with E-state index < -0.39 is 22.9 Å². The van der Waals surface area contributed by atoms with Crippen LogP contribution in [0.1, 0.15) is 25.8 Å². The predicted molar refractivity (Wildman–Crippen MR) is 109 cm³/mol. The molecule has 0 bridgehead atoms. The van der Waals surface area contributed by atoms with Crippen molar-refractivity contribution in [3.63, 3.8) is 0 Å². The maximum Gasteiger partial charge on any atom is 0.356 e. The van der Waals surface area contributed by atoms with Gasteiger partial charge in [0.25, 0.3) is 5.69 Å². The van der Waals surface area contributed by atoms with Crippen LogP contribution in [0.5, 0.6) is 0 Å². The fraction of sp³-hybridized carbons (Fsp3) is 0.500. The highest BCUT2D eigenvalue weighted by molar-refractivity contribution is 8.03.